The molecule has 24 heavy (non-hydrogen) atoms. The molecule has 0 saturated heterocycles. The third-order valence-corrected chi connectivity index (χ3v) is 3.67. The molecule has 0 radical (unpaired) electrons. The zero-order chi connectivity index (χ0) is 16.8. The van der Waals surface area contributed by atoms with Crippen LogP contribution < -0.4 is 0 Å². The van der Waals surface area contributed by atoms with Crippen LogP contribution in [0, 0.1) is 0 Å². The number of carbonyl (C=O) groups is 1. The molecule has 120 valence electrons. The second-order valence-electron chi connectivity index (χ2n) is 5.39. The van der Waals surface area contributed by atoms with Crippen LogP contribution in [0.15, 0.2) is 73.2 Å². The Kier molecular flexibility index (Phi) is 4.87. The summed E-state index contributed by atoms with van der Waals surface area (Å²) < 4.78 is 6.54. The summed E-state index contributed by atoms with van der Waals surface area (Å²) in [6.45, 7) is 0.730. The lowest BCUT2D eigenvalue weighted by Crippen LogP contribution is -1.96. The van der Waals surface area contributed by atoms with Gasteiger partial charge in [-0.25, -0.2) is 9.78 Å². The van der Waals surface area contributed by atoms with Crippen molar-refractivity contribution in [2.24, 2.45) is 0 Å². The number of esters is 1. The van der Waals surface area contributed by atoms with Gasteiger partial charge < -0.3 is 9.30 Å². The summed E-state index contributed by atoms with van der Waals surface area (Å²) in [7, 11) is 1.35. The maximum absolute atomic E-state index is 11.1. The van der Waals surface area contributed by atoms with Crippen LogP contribution in [0.2, 0.25) is 0 Å². The highest BCUT2D eigenvalue weighted by atomic mass is 16.5. The molecule has 0 aliphatic heterocycles. The number of nitrogens with zero attached hydrogens (tertiary/aromatic N) is 2. The number of aromatic nitrogens is 2. The summed E-state index contributed by atoms with van der Waals surface area (Å²) in [5.41, 5.74) is 4.32. The quantitative estimate of drug-likeness (QED) is 0.531. The summed E-state index contributed by atoms with van der Waals surface area (Å²) in [6.07, 6.45) is 6.65. The molecule has 0 amide bonds. The molecule has 0 aliphatic rings. The van der Waals surface area contributed by atoms with E-state index in [0.29, 0.717) is 0 Å². The Morgan fingerprint density at radius 1 is 1.08 bits per heavy atom. The summed E-state index contributed by atoms with van der Waals surface area (Å²) >= 11 is 0. The van der Waals surface area contributed by atoms with Crippen LogP contribution >= 0.6 is 0 Å². The highest BCUT2D eigenvalue weighted by molar-refractivity contribution is 5.86. The van der Waals surface area contributed by atoms with Crippen LogP contribution in [0.1, 0.15) is 11.3 Å². The lowest BCUT2D eigenvalue weighted by molar-refractivity contribution is -0.134. The highest BCUT2D eigenvalue weighted by Gasteiger charge is 2.01. The van der Waals surface area contributed by atoms with Crippen molar-refractivity contribution in [2.45, 2.75) is 6.54 Å². The number of rotatable bonds is 5. The second kappa shape index (κ2) is 7.42. The van der Waals surface area contributed by atoms with E-state index < -0.39 is 0 Å². The number of methoxy groups -OCH3 is 1. The summed E-state index contributed by atoms with van der Waals surface area (Å²) in [6, 6.07) is 18.8. The van der Waals surface area contributed by atoms with Gasteiger partial charge in [0.2, 0.25) is 0 Å². The second-order valence-corrected chi connectivity index (χ2v) is 5.39. The van der Waals surface area contributed by atoms with Crippen molar-refractivity contribution in [3.63, 3.8) is 0 Å². The molecule has 4 nitrogen and oxygen atoms in total. The number of ether oxygens (including phenoxy) is 1. The molecular weight excluding hydrogens is 300 g/mol. The van der Waals surface area contributed by atoms with Gasteiger partial charge >= 0.3 is 5.97 Å². The largest absolute Gasteiger partial charge is 0.466 e. The minimum atomic E-state index is -0.388. The van der Waals surface area contributed by atoms with E-state index in [1.54, 1.807) is 12.4 Å². The SMILES string of the molecule is COC(=O)C=Cc1cn(Cc2ccc(-c3ccccc3)cc2)cn1. The molecule has 0 fully saturated rings. The van der Waals surface area contributed by atoms with E-state index in [4.69, 9.17) is 0 Å². The van der Waals surface area contributed by atoms with Gasteiger partial charge in [-0.15, -0.1) is 0 Å². The van der Waals surface area contributed by atoms with Crippen LogP contribution in [0.25, 0.3) is 17.2 Å². The Morgan fingerprint density at radius 2 is 1.79 bits per heavy atom. The lowest BCUT2D eigenvalue weighted by atomic mass is 10.0. The fraction of sp³-hybridized carbons (Fsp3) is 0.100. The van der Waals surface area contributed by atoms with Gasteiger partial charge in [0.15, 0.2) is 0 Å². The summed E-state index contributed by atoms with van der Waals surface area (Å²) in [5.74, 6) is -0.388. The minimum Gasteiger partial charge on any atom is -0.466 e. The van der Waals surface area contributed by atoms with Gasteiger partial charge in [-0.05, 0) is 22.8 Å². The minimum absolute atomic E-state index is 0.388. The van der Waals surface area contributed by atoms with Crippen molar-refractivity contribution >= 4 is 12.0 Å². The Balaban J connectivity index is 1.67. The first-order chi connectivity index (χ1) is 11.7. The number of imidazole rings is 1. The van der Waals surface area contributed by atoms with Crippen molar-refractivity contribution in [3.05, 3.63) is 84.5 Å². The van der Waals surface area contributed by atoms with Gasteiger partial charge in [0, 0.05) is 18.8 Å². The predicted molar refractivity (Wildman–Crippen MR) is 94.3 cm³/mol. The van der Waals surface area contributed by atoms with E-state index in [1.165, 1.54) is 29.9 Å². The monoisotopic (exact) mass is 318 g/mol. The Labute approximate surface area is 141 Å². The van der Waals surface area contributed by atoms with Crippen molar-refractivity contribution in [1.82, 2.24) is 9.55 Å². The van der Waals surface area contributed by atoms with Gasteiger partial charge in [0.05, 0.1) is 19.1 Å². The lowest BCUT2D eigenvalue weighted by Gasteiger charge is -2.05. The molecule has 0 bridgehead atoms. The molecule has 4 heteroatoms. The molecule has 0 N–H and O–H groups in total. The van der Waals surface area contributed by atoms with E-state index in [2.05, 4.69) is 46.1 Å². The van der Waals surface area contributed by atoms with Crippen molar-refractivity contribution in [1.29, 1.82) is 0 Å². The third-order valence-electron chi connectivity index (χ3n) is 3.67. The van der Waals surface area contributed by atoms with Gasteiger partial charge in [-0.1, -0.05) is 54.6 Å². The van der Waals surface area contributed by atoms with E-state index in [1.807, 2.05) is 29.0 Å². The van der Waals surface area contributed by atoms with E-state index in [9.17, 15) is 4.79 Å². The zero-order valence-electron chi connectivity index (χ0n) is 13.4. The van der Waals surface area contributed by atoms with Gasteiger partial charge in [0.1, 0.15) is 0 Å². The first-order valence-corrected chi connectivity index (χ1v) is 7.67. The predicted octanol–water partition coefficient (Wildman–Crippen LogP) is 3.78. The number of hydrogen-bond acceptors (Lipinski definition) is 3. The zero-order valence-corrected chi connectivity index (χ0v) is 13.4. The van der Waals surface area contributed by atoms with Crippen LogP contribution in [0.3, 0.4) is 0 Å². The summed E-state index contributed by atoms with van der Waals surface area (Å²) in [4.78, 5) is 15.3. The standard InChI is InChI=1S/C20H18N2O2/c1-24-20(23)12-11-19-14-22(15-21-19)13-16-7-9-18(10-8-16)17-5-3-2-4-6-17/h2-12,14-15H,13H2,1H3. The van der Waals surface area contributed by atoms with Gasteiger partial charge in [-0.2, -0.15) is 0 Å². The van der Waals surface area contributed by atoms with E-state index in [-0.39, 0.29) is 5.97 Å². The molecule has 1 aromatic heterocycles. The topological polar surface area (TPSA) is 44.1 Å². The average Bonchev–Trinajstić information content (AvgIpc) is 3.08. The van der Waals surface area contributed by atoms with Crippen LogP contribution in [-0.2, 0) is 16.1 Å². The Bertz CT molecular complexity index is 834. The first-order valence-electron chi connectivity index (χ1n) is 7.67. The molecule has 0 spiro atoms. The van der Waals surface area contributed by atoms with Gasteiger partial charge in [0.25, 0.3) is 0 Å². The molecule has 1 heterocycles. The fourth-order valence-electron chi connectivity index (χ4n) is 2.42. The summed E-state index contributed by atoms with van der Waals surface area (Å²) in [5, 5.41) is 0. The van der Waals surface area contributed by atoms with Crippen molar-refractivity contribution in [2.75, 3.05) is 7.11 Å². The maximum atomic E-state index is 11.1. The number of carbonyl (C=O) groups excluding carboxylic acids is 1. The highest BCUT2D eigenvalue weighted by Crippen LogP contribution is 2.19. The molecule has 0 aliphatic carbocycles. The third kappa shape index (κ3) is 3.98. The molecular formula is C20H18N2O2. The first kappa shape index (κ1) is 15.7. The average molecular weight is 318 g/mol. The van der Waals surface area contributed by atoms with Crippen molar-refractivity contribution in [3.8, 4) is 11.1 Å². The Morgan fingerprint density at radius 3 is 2.50 bits per heavy atom. The molecule has 0 saturated carbocycles. The molecule has 0 unspecified atom stereocenters. The molecule has 3 rings (SSSR count). The molecule has 2 aromatic carbocycles. The van der Waals surface area contributed by atoms with E-state index in [0.717, 1.165) is 12.2 Å². The van der Waals surface area contributed by atoms with Crippen LogP contribution in [-0.4, -0.2) is 22.6 Å². The molecule has 0 atom stereocenters. The van der Waals surface area contributed by atoms with Crippen LogP contribution in [0.5, 0.6) is 0 Å². The number of hydrogen-bond donors (Lipinski definition) is 0. The molecule has 3 aromatic rings. The maximum Gasteiger partial charge on any atom is 0.330 e. The van der Waals surface area contributed by atoms with Crippen molar-refractivity contribution < 1.29 is 9.53 Å². The number of benzene rings is 2. The van der Waals surface area contributed by atoms with Crippen LogP contribution in [0.4, 0.5) is 0 Å². The van der Waals surface area contributed by atoms with E-state index >= 15 is 0 Å². The Hall–Kier alpha value is -3.14. The van der Waals surface area contributed by atoms with Gasteiger partial charge in [-0.3, -0.25) is 0 Å². The smallest absolute Gasteiger partial charge is 0.330 e. The normalized spacial score (nSPS) is 10.9. The fourth-order valence-corrected chi connectivity index (χ4v) is 2.42.